The molecule has 1 aromatic heterocycles. The van der Waals surface area contributed by atoms with E-state index < -0.39 is 0 Å². The van der Waals surface area contributed by atoms with Crippen LogP contribution >= 0.6 is 0 Å². The lowest BCUT2D eigenvalue weighted by molar-refractivity contribution is 0.220. The van der Waals surface area contributed by atoms with E-state index in [1.54, 1.807) is 0 Å². The molecule has 0 bridgehead atoms. The van der Waals surface area contributed by atoms with Crippen molar-refractivity contribution in [3.8, 4) is 11.4 Å². The van der Waals surface area contributed by atoms with Crippen LogP contribution in [0.25, 0.3) is 11.4 Å². The summed E-state index contributed by atoms with van der Waals surface area (Å²) in [6.07, 6.45) is 1.50. The predicted octanol–water partition coefficient (Wildman–Crippen LogP) is 3.27. The van der Waals surface area contributed by atoms with Crippen LogP contribution in [-0.2, 0) is 18.2 Å². The monoisotopic (exact) mass is 271 g/mol. The van der Waals surface area contributed by atoms with Crippen molar-refractivity contribution in [1.29, 1.82) is 0 Å². The number of hydrogen-bond acceptors (Lipinski definition) is 3. The molecule has 0 saturated heterocycles. The summed E-state index contributed by atoms with van der Waals surface area (Å²) in [6.45, 7) is 8.57. The van der Waals surface area contributed by atoms with Gasteiger partial charge < -0.3 is 4.74 Å². The van der Waals surface area contributed by atoms with Gasteiger partial charge in [-0.15, -0.1) is 0 Å². The second kappa shape index (κ2) is 6.37. The highest BCUT2D eigenvalue weighted by Gasteiger charge is 2.11. The third-order valence-corrected chi connectivity index (χ3v) is 3.17. The Labute approximate surface area is 120 Å². The second-order valence-electron chi connectivity index (χ2n) is 4.76. The Balaban J connectivity index is 2.14. The molecule has 20 heavy (non-hydrogen) atoms. The van der Waals surface area contributed by atoms with Crippen LogP contribution in [0.5, 0.6) is 0 Å². The fourth-order valence-electron chi connectivity index (χ4n) is 2.13. The summed E-state index contributed by atoms with van der Waals surface area (Å²) >= 11 is 0. The minimum Gasteiger partial charge on any atom is -0.499 e. The minimum absolute atomic E-state index is 0.656. The van der Waals surface area contributed by atoms with Gasteiger partial charge in [0.05, 0.1) is 12.4 Å². The van der Waals surface area contributed by atoms with Gasteiger partial charge in [0.25, 0.3) is 0 Å². The molecule has 1 heterocycles. The van der Waals surface area contributed by atoms with Gasteiger partial charge in [0.15, 0.2) is 11.6 Å². The standard InChI is InChI=1S/C16H21N3O/c1-5-20-13(3)10-11-15-17-16(19(4)18-15)14-9-7-6-8-12(14)2/h6-9H,3,5,10-11H2,1-2,4H3. The van der Waals surface area contributed by atoms with Crippen LogP contribution < -0.4 is 0 Å². The van der Waals surface area contributed by atoms with Crippen molar-refractivity contribution < 1.29 is 4.74 Å². The number of hydrogen-bond donors (Lipinski definition) is 0. The normalized spacial score (nSPS) is 10.6. The molecular weight excluding hydrogens is 250 g/mol. The first-order valence-corrected chi connectivity index (χ1v) is 6.88. The number of benzene rings is 1. The molecule has 0 amide bonds. The highest BCUT2D eigenvalue weighted by molar-refractivity contribution is 5.59. The van der Waals surface area contributed by atoms with Crippen molar-refractivity contribution >= 4 is 0 Å². The van der Waals surface area contributed by atoms with E-state index in [9.17, 15) is 0 Å². The first-order valence-electron chi connectivity index (χ1n) is 6.88. The maximum absolute atomic E-state index is 5.35. The lowest BCUT2D eigenvalue weighted by atomic mass is 10.1. The smallest absolute Gasteiger partial charge is 0.158 e. The fourth-order valence-corrected chi connectivity index (χ4v) is 2.13. The van der Waals surface area contributed by atoms with Crippen LogP contribution in [0.2, 0.25) is 0 Å². The van der Waals surface area contributed by atoms with Gasteiger partial charge in [-0.25, -0.2) is 9.67 Å². The van der Waals surface area contributed by atoms with Gasteiger partial charge in [-0.3, -0.25) is 0 Å². The van der Waals surface area contributed by atoms with Gasteiger partial charge in [0, 0.05) is 25.5 Å². The Morgan fingerprint density at radius 3 is 2.80 bits per heavy atom. The maximum Gasteiger partial charge on any atom is 0.158 e. The average Bonchev–Trinajstić information content (AvgIpc) is 2.79. The molecule has 0 aliphatic carbocycles. The van der Waals surface area contributed by atoms with Gasteiger partial charge in [0.2, 0.25) is 0 Å². The molecule has 0 fully saturated rings. The number of aryl methyl sites for hydroxylation is 3. The Morgan fingerprint density at radius 2 is 2.10 bits per heavy atom. The molecule has 0 aliphatic rings. The van der Waals surface area contributed by atoms with Gasteiger partial charge >= 0.3 is 0 Å². The van der Waals surface area contributed by atoms with E-state index in [2.05, 4.69) is 35.7 Å². The van der Waals surface area contributed by atoms with Crippen LogP contribution in [-0.4, -0.2) is 21.4 Å². The molecule has 4 nitrogen and oxygen atoms in total. The Bertz CT molecular complexity index is 602. The van der Waals surface area contributed by atoms with Crippen LogP contribution in [0.4, 0.5) is 0 Å². The zero-order valence-electron chi connectivity index (χ0n) is 12.4. The predicted molar refractivity (Wildman–Crippen MR) is 80.3 cm³/mol. The zero-order chi connectivity index (χ0) is 14.5. The molecule has 0 N–H and O–H groups in total. The third-order valence-electron chi connectivity index (χ3n) is 3.17. The summed E-state index contributed by atoms with van der Waals surface area (Å²) in [5, 5.41) is 4.47. The van der Waals surface area contributed by atoms with E-state index >= 15 is 0 Å². The molecule has 0 aliphatic heterocycles. The number of aromatic nitrogens is 3. The van der Waals surface area contributed by atoms with Crippen molar-refractivity contribution in [1.82, 2.24) is 14.8 Å². The summed E-state index contributed by atoms with van der Waals surface area (Å²) < 4.78 is 7.18. The quantitative estimate of drug-likeness (QED) is 0.757. The Kier molecular flexibility index (Phi) is 4.56. The largest absolute Gasteiger partial charge is 0.499 e. The first kappa shape index (κ1) is 14.3. The summed E-state index contributed by atoms with van der Waals surface area (Å²) in [5.74, 6) is 2.52. The molecule has 2 rings (SSSR count). The third kappa shape index (κ3) is 3.26. The first-order chi connectivity index (χ1) is 9.61. The lowest BCUT2D eigenvalue weighted by Crippen LogP contribution is -1.97. The zero-order valence-corrected chi connectivity index (χ0v) is 12.4. The molecule has 2 aromatic rings. The van der Waals surface area contributed by atoms with Crippen LogP contribution in [0.15, 0.2) is 36.6 Å². The highest BCUT2D eigenvalue weighted by atomic mass is 16.5. The molecule has 0 radical (unpaired) electrons. The van der Waals surface area contributed by atoms with E-state index in [1.165, 1.54) is 5.56 Å². The van der Waals surface area contributed by atoms with Crippen LogP contribution in [0.1, 0.15) is 24.7 Å². The number of allylic oxidation sites excluding steroid dienone is 1. The van der Waals surface area contributed by atoms with Gasteiger partial charge in [-0.05, 0) is 19.4 Å². The summed E-state index contributed by atoms with van der Waals surface area (Å²) in [4.78, 5) is 4.63. The van der Waals surface area contributed by atoms with E-state index in [0.717, 1.165) is 35.8 Å². The van der Waals surface area contributed by atoms with Crippen LogP contribution in [0.3, 0.4) is 0 Å². The van der Waals surface area contributed by atoms with E-state index in [0.29, 0.717) is 6.61 Å². The minimum atomic E-state index is 0.656. The molecule has 4 heteroatoms. The fraction of sp³-hybridized carbons (Fsp3) is 0.375. The SMILES string of the molecule is C=C(CCc1nc(-c2ccccc2C)n(C)n1)OCC. The number of nitrogens with zero attached hydrogens (tertiary/aromatic N) is 3. The number of rotatable bonds is 6. The van der Waals surface area contributed by atoms with E-state index in [4.69, 9.17) is 4.74 Å². The van der Waals surface area contributed by atoms with Crippen molar-refractivity contribution in [2.75, 3.05) is 6.61 Å². The molecular formula is C16H21N3O. The van der Waals surface area contributed by atoms with Gasteiger partial charge in [0.1, 0.15) is 0 Å². The molecule has 1 aromatic carbocycles. The average molecular weight is 271 g/mol. The summed E-state index contributed by atoms with van der Waals surface area (Å²) in [5.41, 5.74) is 2.32. The Morgan fingerprint density at radius 1 is 1.35 bits per heavy atom. The summed E-state index contributed by atoms with van der Waals surface area (Å²) in [7, 11) is 1.93. The topological polar surface area (TPSA) is 39.9 Å². The van der Waals surface area contributed by atoms with Crippen molar-refractivity contribution in [3.05, 3.63) is 48.0 Å². The maximum atomic E-state index is 5.35. The van der Waals surface area contributed by atoms with Crippen molar-refractivity contribution in [2.45, 2.75) is 26.7 Å². The van der Waals surface area contributed by atoms with E-state index in [-0.39, 0.29) is 0 Å². The molecule has 0 spiro atoms. The van der Waals surface area contributed by atoms with E-state index in [1.807, 2.05) is 30.8 Å². The van der Waals surface area contributed by atoms with Crippen molar-refractivity contribution in [2.24, 2.45) is 7.05 Å². The number of ether oxygens (including phenoxy) is 1. The Hall–Kier alpha value is -2.10. The molecule has 0 saturated carbocycles. The lowest BCUT2D eigenvalue weighted by Gasteiger charge is -2.04. The molecule has 106 valence electrons. The molecule has 0 unspecified atom stereocenters. The van der Waals surface area contributed by atoms with Gasteiger partial charge in [-0.2, -0.15) is 5.10 Å². The summed E-state index contributed by atoms with van der Waals surface area (Å²) in [6, 6.07) is 8.21. The molecule has 0 atom stereocenters. The van der Waals surface area contributed by atoms with Crippen molar-refractivity contribution in [3.63, 3.8) is 0 Å². The second-order valence-corrected chi connectivity index (χ2v) is 4.76. The highest BCUT2D eigenvalue weighted by Crippen LogP contribution is 2.21. The van der Waals surface area contributed by atoms with Crippen LogP contribution in [0, 0.1) is 6.92 Å². The van der Waals surface area contributed by atoms with Gasteiger partial charge in [-0.1, -0.05) is 30.8 Å².